The summed E-state index contributed by atoms with van der Waals surface area (Å²) in [4.78, 5) is 26.9. The Morgan fingerprint density at radius 1 is 1.09 bits per heavy atom. The van der Waals surface area contributed by atoms with Gasteiger partial charge in [0.05, 0.1) is 0 Å². The molecule has 1 fully saturated rings. The Bertz CT molecular complexity index is 522. The van der Waals surface area contributed by atoms with Crippen molar-refractivity contribution in [3.8, 4) is 0 Å². The van der Waals surface area contributed by atoms with Gasteiger partial charge in [0.2, 0.25) is 5.91 Å². The van der Waals surface area contributed by atoms with Crippen molar-refractivity contribution >= 4 is 23.4 Å². The number of piperidine rings is 1. The molecule has 1 atom stereocenters. The van der Waals surface area contributed by atoms with E-state index in [9.17, 15) is 9.59 Å². The first-order valence-electron chi connectivity index (χ1n) is 7.84. The van der Waals surface area contributed by atoms with Gasteiger partial charge in [-0.15, -0.1) is 0 Å². The first kappa shape index (κ1) is 16.8. The van der Waals surface area contributed by atoms with Crippen molar-refractivity contribution in [3.63, 3.8) is 0 Å². The van der Waals surface area contributed by atoms with Crippen LogP contribution >= 0.6 is 11.6 Å². The van der Waals surface area contributed by atoms with Crippen LogP contribution in [0.25, 0.3) is 0 Å². The summed E-state index contributed by atoms with van der Waals surface area (Å²) in [5.41, 5.74) is 0.515. The minimum atomic E-state index is -0.485. The minimum absolute atomic E-state index is 0.0250. The number of carbonyl (C=O) groups excluding carboxylic acids is 2. The zero-order chi connectivity index (χ0) is 16.1. The predicted octanol–water partition coefficient (Wildman–Crippen LogP) is 3.11. The Labute approximate surface area is 136 Å². The van der Waals surface area contributed by atoms with Gasteiger partial charge < -0.3 is 10.2 Å². The Morgan fingerprint density at radius 2 is 1.68 bits per heavy atom. The topological polar surface area (TPSA) is 49.4 Å². The molecule has 22 heavy (non-hydrogen) atoms. The van der Waals surface area contributed by atoms with Gasteiger partial charge in [0.25, 0.3) is 5.91 Å². The fourth-order valence-corrected chi connectivity index (χ4v) is 2.78. The molecule has 1 heterocycles. The molecule has 0 bridgehead atoms. The van der Waals surface area contributed by atoms with Crippen molar-refractivity contribution in [2.75, 3.05) is 13.1 Å². The van der Waals surface area contributed by atoms with E-state index >= 15 is 0 Å². The van der Waals surface area contributed by atoms with Gasteiger partial charge in [0, 0.05) is 23.7 Å². The number of carbonyl (C=O) groups is 2. The van der Waals surface area contributed by atoms with Gasteiger partial charge in [-0.25, -0.2) is 0 Å². The standard InChI is InChI=1S/C17H23ClN2O2/c1-12(2)15(17(22)20-10-4-3-5-11-20)19-16(21)13-6-8-14(18)9-7-13/h6-9,12,15H,3-5,10-11H2,1-2H3,(H,19,21). The maximum Gasteiger partial charge on any atom is 0.251 e. The zero-order valence-corrected chi connectivity index (χ0v) is 13.9. The van der Waals surface area contributed by atoms with Crippen LogP contribution in [0.1, 0.15) is 43.5 Å². The van der Waals surface area contributed by atoms with Crippen LogP contribution in [0.2, 0.25) is 5.02 Å². The van der Waals surface area contributed by atoms with E-state index in [-0.39, 0.29) is 17.7 Å². The third kappa shape index (κ3) is 4.23. The van der Waals surface area contributed by atoms with Crippen LogP contribution in [0.4, 0.5) is 0 Å². The maximum atomic E-state index is 12.7. The second kappa shape index (κ2) is 7.63. The second-order valence-electron chi connectivity index (χ2n) is 6.09. The second-order valence-corrected chi connectivity index (χ2v) is 6.52. The van der Waals surface area contributed by atoms with E-state index in [1.165, 1.54) is 6.42 Å². The molecule has 1 aliphatic heterocycles. The molecule has 120 valence electrons. The Hall–Kier alpha value is -1.55. The van der Waals surface area contributed by atoms with Crippen LogP contribution in [0.5, 0.6) is 0 Å². The average molecular weight is 323 g/mol. The fourth-order valence-electron chi connectivity index (χ4n) is 2.65. The summed E-state index contributed by atoms with van der Waals surface area (Å²) in [6.45, 7) is 5.49. The highest BCUT2D eigenvalue weighted by molar-refractivity contribution is 6.30. The van der Waals surface area contributed by atoms with Crippen LogP contribution < -0.4 is 5.32 Å². The summed E-state index contributed by atoms with van der Waals surface area (Å²) in [6, 6.07) is 6.20. The molecule has 0 aromatic heterocycles. The van der Waals surface area contributed by atoms with Gasteiger partial charge in [-0.1, -0.05) is 25.4 Å². The lowest BCUT2D eigenvalue weighted by Crippen LogP contribution is -2.52. The van der Waals surface area contributed by atoms with Crippen molar-refractivity contribution < 1.29 is 9.59 Å². The minimum Gasteiger partial charge on any atom is -0.341 e. The van der Waals surface area contributed by atoms with Crippen LogP contribution in [-0.2, 0) is 4.79 Å². The molecule has 2 amide bonds. The highest BCUT2D eigenvalue weighted by Crippen LogP contribution is 2.15. The summed E-state index contributed by atoms with van der Waals surface area (Å²) < 4.78 is 0. The SMILES string of the molecule is CC(C)C(NC(=O)c1ccc(Cl)cc1)C(=O)N1CCCCC1. The van der Waals surface area contributed by atoms with Crippen molar-refractivity contribution in [2.24, 2.45) is 5.92 Å². The number of benzene rings is 1. The van der Waals surface area contributed by atoms with Gasteiger partial charge >= 0.3 is 0 Å². The molecule has 0 radical (unpaired) electrons. The van der Waals surface area contributed by atoms with Crippen LogP contribution in [0, 0.1) is 5.92 Å². The Kier molecular flexibility index (Phi) is 5.83. The Morgan fingerprint density at radius 3 is 2.23 bits per heavy atom. The quantitative estimate of drug-likeness (QED) is 0.926. The van der Waals surface area contributed by atoms with Gasteiger partial charge in [-0.05, 0) is 49.4 Å². The molecule has 5 heteroatoms. The van der Waals surface area contributed by atoms with Crippen LogP contribution in [-0.4, -0.2) is 35.8 Å². The van der Waals surface area contributed by atoms with Gasteiger partial charge in [0.1, 0.15) is 6.04 Å². The molecule has 1 aliphatic rings. The molecular weight excluding hydrogens is 300 g/mol. The molecule has 0 aliphatic carbocycles. The Balaban J connectivity index is 2.06. The molecule has 0 spiro atoms. The van der Waals surface area contributed by atoms with E-state index in [4.69, 9.17) is 11.6 Å². The van der Waals surface area contributed by atoms with Crippen molar-refractivity contribution in [1.29, 1.82) is 0 Å². The molecule has 1 N–H and O–H groups in total. The number of halogens is 1. The number of nitrogens with one attached hydrogen (secondary N) is 1. The zero-order valence-electron chi connectivity index (χ0n) is 13.1. The monoisotopic (exact) mass is 322 g/mol. The molecule has 2 rings (SSSR count). The molecule has 1 aromatic carbocycles. The van der Waals surface area contributed by atoms with E-state index in [2.05, 4.69) is 5.32 Å². The van der Waals surface area contributed by atoms with Gasteiger partial charge in [0.15, 0.2) is 0 Å². The van der Waals surface area contributed by atoms with Gasteiger partial charge in [-0.2, -0.15) is 0 Å². The predicted molar refractivity (Wildman–Crippen MR) is 88.0 cm³/mol. The summed E-state index contributed by atoms with van der Waals surface area (Å²) in [5, 5.41) is 3.46. The summed E-state index contributed by atoms with van der Waals surface area (Å²) in [5.74, 6) is -0.164. The summed E-state index contributed by atoms with van der Waals surface area (Å²) in [6.07, 6.45) is 3.26. The number of hydrogen-bond acceptors (Lipinski definition) is 2. The molecule has 0 saturated carbocycles. The molecule has 1 unspecified atom stereocenters. The third-order valence-corrected chi connectivity index (χ3v) is 4.25. The van der Waals surface area contributed by atoms with E-state index in [1.54, 1.807) is 24.3 Å². The van der Waals surface area contributed by atoms with E-state index in [1.807, 2.05) is 18.7 Å². The maximum absolute atomic E-state index is 12.7. The van der Waals surface area contributed by atoms with Crippen LogP contribution in [0.3, 0.4) is 0 Å². The number of hydrogen-bond donors (Lipinski definition) is 1. The lowest BCUT2D eigenvalue weighted by Gasteiger charge is -2.32. The van der Waals surface area contributed by atoms with Crippen molar-refractivity contribution in [3.05, 3.63) is 34.9 Å². The smallest absolute Gasteiger partial charge is 0.251 e. The highest BCUT2D eigenvalue weighted by atomic mass is 35.5. The van der Waals surface area contributed by atoms with Crippen LogP contribution in [0.15, 0.2) is 24.3 Å². The first-order chi connectivity index (χ1) is 10.5. The molecule has 4 nitrogen and oxygen atoms in total. The van der Waals surface area contributed by atoms with E-state index in [0.717, 1.165) is 25.9 Å². The molecule has 1 aromatic rings. The summed E-state index contributed by atoms with van der Waals surface area (Å²) in [7, 11) is 0. The first-order valence-corrected chi connectivity index (χ1v) is 8.22. The van der Waals surface area contributed by atoms with Gasteiger partial charge in [-0.3, -0.25) is 9.59 Å². The highest BCUT2D eigenvalue weighted by Gasteiger charge is 2.29. The molecule has 1 saturated heterocycles. The van der Waals surface area contributed by atoms with E-state index < -0.39 is 6.04 Å². The number of nitrogens with zero attached hydrogens (tertiary/aromatic N) is 1. The molecular formula is C17H23ClN2O2. The van der Waals surface area contributed by atoms with Crippen molar-refractivity contribution in [1.82, 2.24) is 10.2 Å². The number of rotatable bonds is 4. The fraction of sp³-hybridized carbons (Fsp3) is 0.529. The van der Waals surface area contributed by atoms with E-state index in [0.29, 0.717) is 10.6 Å². The largest absolute Gasteiger partial charge is 0.341 e. The lowest BCUT2D eigenvalue weighted by molar-refractivity contribution is -0.135. The number of amides is 2. The summed E-state index contributed by atoms with van der Waals surface area (Å²) >= 11 is 5.83. The third-order valence-electron chi connectivity index (χ3n) is 3.99. The lowest BCUT2D eigenvalue weighted by atomic mass is 10.0. The normalized spacial score (nSPS) is 16.5. The number of likely N-dealkylation sites (tertiary alicyclic amines) is 1. The average Bonchev–Trinajstić information content (AvgIpc) is 2.53. The van der Waals surface area contributed by atoms with Crippen molar-refractivity contribution in [2.45, 2.75) is 39.2 Å².